The number of rotatable bonds is 6. The highest BCUT2D eigenvalue weighted by atomic mass is 16.6. The molecule has 0 aromatic carbocycles. The molecule has 0 aliphatic carbocycles. The molecule has 0 bridgehead atoms. The fourth-order valence-electron chi connectivity index (χ4n) is 4.12. The van der Waals surface area contributed by atoms with E-state index in [1.54, 1.807) is 12.3 Å². The number of pyridine rings is 1. The van der Waals surface area contributed by atoms with Crippen LogP contribution in [0.3, 0.4) is 0 Å². The van der Waals surface area contributed by atoms with E-state index in [9.17, 15) is 4.79 Å². The maximum Gasteiger partial charge on any atom is 0.410 e. The summed E-state index contributed by atoms with van der Waals surface area (Å²) in [5.41, 5.74) is 2.72. The van der Waals surface area contributed by atoms with Crippen LogP contribution in [0.4, 0.5) is 10.5 Å². The molecule has 0 radical (unpaired) electrons. The number of nitrogens with one attached hydrogen (secondary N) is 3. The highest BCUT2D eigenvalue weighted by molar-refractivity contribution is 6.18. The van der Waals surface area contributed by atoms with Crippen molar-refractivity contribution in [2.45, 2.75) is 52.2 Å². The summed E-state index contributed by atoms with van der Waals surface area (Å²) in [5.74, 6) is 0. The Labute approximate surface area is 183 Å². The highest BCUT2D eigenvalue weighted by Gasteiger charge is 2.31. The van der Waals surface area contributed by atoms with Crippen LogP contribution in [0.5, 0.6) is 0 Å². The van der Waals surface area contributed by atoms with Crippen molar-refractivity contribution in [2.24, 2.45) is 0 Å². The molecule has 2 aromatic rings. The van der Waals surface area contributed by atoms with Gasteiger partial charge in [0.15, 0.2) is 0 Å². The van der Waals surface area contributed by atoms with Crippen molar-refractivity contribution in [1.82, 2.24) is 14.9 Å². The molecule has 1 saturated heterocycles. The monoisotopic (exact) mass is 424 g/mol. The minimum Gasteiger partial charge on any atom is -0.444 e. The van der Waals surface area contributed by atoms with Gasteiger partial charge in [-0.05, 0) is 52.7 Å². The van der Waals surface area contributed by atoms with Crippen molar-refractivity contribution in [3.8, 4) is 0 Å². The standard InChI is InChI=1S/C23H32N6O2/c1-5-29(22(30)31-23(2,3)4)17-7-6-12-28(15-17)19-9-11-26-21-20(19)18(14-27-21)16(13-25)8-10-24/h8-11,13-14,17,24-25H,5-7,12,15H2,1-4H3,(H,26,27)/b16-8+,24-10?,25-13?/t17-/m0/s1. The van der Waals surface area contributed by atoms with Gasteiger partial charge in [-0.2, -0.15) is 0 Å². The van der Waals surface area contributed by atoms with E-state index in [1.165, 1.54) is 12.4 Å². The molecule has 1 fully saturated rings. The zero-order valence-electron chi connectivity index (χ0n) is 18.7. The number of carbonyl (C=O) groups excluding carboxylic acids is 1. The number of aromatic nitrogens is 2. The number of carbonyl (C=O) groups is 1. The van der Waals surface area contributed by atoms with Gasteiger partial charge in [0.25, 0.3) is 0 Å². The van der Waals surface area contributed by atoms with E-state index in [1.807, 2.05) is 44.9 Å². The third-order valence-corrected chi connectivity index (χ3v) is 5.43. The molecule has 1 atom stereocenters. The lowest BCUT2D eigenvalue weighted by atomic mass is 10.0. The van der Waals surface area contributed by atoms with E-state index in [-0.39, 0.29) is 12.1 Å². The van der Waals surface area contributed by atoms with E-state index in [4.69, 9.17) is 15.6 Å². The topological polar surface area (TPSA) is 109 Å². The van der Waals surface area contributed by atoms with Crippen molar-refractivity contribution < 1.29 is 9.53 Å². The summed E-state index contributed by atoms with van der Waals surface area (Å²) in [4.78, 5) is 24.5. The number of piperidine rings is 1. The molecule has 1 aliphatic heterocycles. The number of amides is 1. The number of anilines is 1. The summed E-state index contributed by atoms with van der Waals surface area (Å²) in [6, 6.07) is 2.04. The van der Waals surface area contributed by atoms with Crippen LogP contribution in [-0.2, 0) is 4.74 Å². The molecule has 0 spiro atoms. The average Bonchev–Trinajstić information content (AvgIpc) is 3.15. The maximum atomic E-state index is 12.8. The maximum absolute atomic E-state index is 12.8. The fourth-order valence-corrected chi connectivity index (χ4v) is 4.12. The minimum absolute atomic E-state index is 0.0542. The third kappa shape index (κ3) is 4.95. The Bertz CT molecular complexity index is 988. The van der Waals surface area contributed by atoms with Gasteiger partial charge >= 0.3 is 6.09 Å². The number of aromatic amines is 1. The van der Waals surface area contributed by atoms with E-state index >= 15 is 0 Å². The highest BCUT2D eigenvalue weighted by Crippen LogP contribution is 2.34. The van der Waals surface area contributed by atoms with Gasteiger partial charge in [-0.3, -0.25) is 0 Å². The van der Waals surface area contributed by atoms with Crippen molar-refractivity contribution in [2.75, 3.05) is 24.5 Å². The number of hydrogen-bond donors (Lipinski definition) is 3. The molecule has 3 heterocycles. The smallest absolute Gasteiger partial charge is 0.410 e. The predicted molar refractivity (Wildman–Crippen MR) is 125 cm³/mol. The second-order valence-electron chi connectivity index (χ2n) is 8.70. The van der Waals surface area contributed by atoms with Gasteiger partial charge in [0, 0.05) is 66.7 Å². The number of allylic oxidation sites excluding steroid dienone is 2. The molecule has 8 heteroatoms. The van der Waals surface area contributed by atoms with Crippen LogP contribution in [-0.4, -0.2) is 64.7 Å². The van der Waals surface area contributed by atoms with Crippen molar-refractivity contribution >= 4 is 40.8 Å². The molecule has 2 aromatic heterocycles. The Morgan fingerprint density at radius 1 is 1.42 bits per heavy atom. The van der Waals surface area contributed by atoms with Crippen LogP contribution < -0.4 is 4.90 Å². The first-order chi connectivity index (χ1) is 14.8. The largest absolute Gasteiger partial charge is 0.444 e. The summed E-state index contributed by atoms with van der Waals surface area (Å²) < 4.78 is 5.63. The molecule has 3 rings (SSSR count). The van der Waals surface area contributed by atoms with E-state index < -0.39 is 5.60 Å². The van der Waals surface area contributed by atoms with E-state index in [0.29, 0.717) is 18.7 Å². The summed E-state index contributed by atoms with van der Waals surface area (Å²) in [7, 11) is 0. The summed E-state index contributed by atoms with van der Waals surface area (Å²) >= 11 is 0. The number of nitrogens with zero attached hydrogens (tertiary/aromatic N) is 3. The van der Waals surface area contributed by atoms with Crippen LogP contribution in [0.25, 0.3) is 16.6 Å². The number of ether oxygens (including phenoxy) is 1. The van der Waals surface area contributed by atoms with Gasteiger partial charge in [0.05, 0.1) is 6.04 Å². The summed E-state index contributed by atoms with van der Waals surface area (Å²) in [6.45, 7) is 9.80. The number of hydrogen-bond acceptors (Lipinski definition) is 6. The first kappa shape index (κ1) is 22.5. The molecule has 8 nitrogen and oxygen atoms in total. The predicted octanol–water partition coefficient (Wildman–Crippen LogP) is 4.47. The lowest BCUT2D eigenvalue weighted by Gasteiger charge is -2.40. The Morgan fingerprint density at radius 2 is 2.19 bits per heavy atom. The number of likely N-dealkylation sites (N-methyl/N-ethyl adjacent to an activating group) is 1. The molecular formula is C23H32N6O2. The normalized spacial score (nSPS) is 17.5. The SMILES string of the molecule is CCN(C(=O)OC(C)(C)C)[C@H]1CCCN(c2ccnc3[nH]cc(/C(C=N)=C/C=N)c23)C1. The quantitative estimate of drug-likeness (QED) is 0.594. The Balaban J connectivity index is 1.93. The van der Waals surface area contributed by atoms with Gasteiger partial charge in [-0.1, -0.05) is 0 Å². The van der Waals surface area contributed by atoms with Gasteiger partial charge in [-0.25, -0.2) is 9.78 Å². The summed E-state index contributed by atoms with van der Waals surface area (Å²) in [5, 5.41) is 16.1. The summed E-state index contributed by atoms with van der Waals surface area (Å²) in [6.07, 6.45) is 9.27. The second-order valence-corrected chi connectivity index (χ2v) is 8.70. The Kier molecular flexibility index (Phi) is 6.77. The van der Waals surface area contributed by atoms with Crippen LogP contribution in [0, 0.1) is 10.8 Å². The lowest BCUT2D eigenvalue weighted by Crippen LogP contribution is -2.51. The van der Waals surface area contributed by atoms with Gasteiger partial charge in [0.2, 0.25) is 0 Å². The second kappa shape index (κ2) is 9.32. The first-order valence-electron chi connectivity index (χ1n) is 10.7. The number of H-pyrrole nitrogens is 1. The molecule has 3 N–H and O–H groups in total. The molecule has 31 heavy (non-hydrogen) atoms. The minimum atomic E-state index is -0.527. The zero-order valence-corrected chi connectivity index (χ0v) is 18.7. The van der Waals surface area contributed by atoms with Crippen LogP contribution in [0.15, 0.2) is 24.5 Å². The molecule has 166 valence electrons. The molecule has 1 aliphatic rings. The van der Waals surface area contributed by atoms with Crippen molar-refractivity contribution in [1.29, 1.82) is 10.8 Å². The Morgan fingerprint density at radius 3 is 2.84 bits per heavy atom. The third-order valence-electron chi connectivity index (χ3n) is 5.43. The van der Waals surface area contributed by atoms with Crippen LogP contribution >= 0.6 is 0 Å². The van der Waals surface area contributed by atoms with Gasteiger partial charge in [0.1, 0.15) is 11.2 Å². The molecular weight excluding hydrogens is 392 g/mol. The molecule has 1 amide bonds. The van der Waals surface area contributed by atoms with E-state index in [2.05, 4.69) is 14.9 Å². The zero-order chi connectivity index (χ0) is 22.6. The van der Waals surface area contributed by atoms with Crippen LogP contribution in [0.2, 0.25) is 0 Å². The van der Waals surface area contributed by atoms with Crippen molar-refractivity contribution in [3.63, 3.8) is 0 Å². The van der Waals surface area contributed by atoms with Crippen LogP contribution in [0.1, 0.15) is 46.1 Å². The van der Waals surface area contributed by atoms with E-state index in [0.717, 1.165) is 41.7 Å². The number of fused-ring (bicyclic) bond motifs is 1. The van der Waals surface area contributed by atoms with Gasteiger partial charge < -0.3 is 30.3 Å². The molecule has 0 saturated carbocycles. The Hall–Kier alpha value is -3.16. The van der Waals surface area contributed by atoms with Gasteiger partial charge in [-0.15, -0.1) is 0 Å². The molecule has 0 unspecified atom stereocenters. The lowest BCUT2D eigenvalue weighted by molar-refractivity contribution is 0.0159. The average molecular weight is 425 g/mol. The van der Waals surface area contributed by atoms with Crippen molar-refractivity contribution in [3.05, 3.63) is 30.1 Å². The first-order valence-corrected chi connectivity index (χ1v) is 10.7. The fraction of sp³-hybridized carbons (Fsp3) is 0.478.